The summed E-state index contributed by atoms with van der Waals surface area (Å²) in [5, 5.41) is 3.34. The molecule has 0 amide bonds. The van der Waals surface area contributed by atoms with Crippen LogP contribution in [-0.4, -0.2) is 13.2 Å². The van der Waals surface area contributed by atoms with Gasteiger partial charge >= 0.3 is 0 Å². The fourth-order valence-corrected chi connectivity index (χ4v) is 1.48. The SMILES string of the molecule is CCNc1ccc(OCC)cc1CC. The smallest absolute Gasteiger partial charge is 0.119 e. The Hall–Kier alpha value is -1.18. The molecule has 1 aromatic rings. The Labute approximate surface area is 86.3 Å². The third kappa shape index (κ3) is 2.66. The van der Waals surface area contributed by atoms with E-state index < -0.39 is 0 Å². The molecule has 2 heteroatoms. The van der Waals surface area contributed by atoms with Gasteiger partial charge < -0.3 is 10.1 Å². The minimum absolute atomic E-state index is 0.726. The molecule has 1 rings (SSSR count). The lowest BCUT2D eigenvalue weighted by Gasteiger charge is -2.11. The first kappa shape index (κ1) is 10.9. The van der Waals surface area contributed by atoms with Gasteiger partial charge in [-0.25, -0.2) is 0 Å². The van der Waals surface area contributed by atoms with Crippen LogP contribution in [0.4, 0.5) is 5.69 Å². The maximum absolute atomic E-state index is 5.45. The molecule has 78 valence electrons. The van der Waals surface area contributed by atoms with E-state index in [1.807, 2.05) is 13.0 Å². The molecule has 0 fully saturated rings. The van der Waals surface area contributed by atoms with Crippen LogP contribution in [-0.2, 0) is 6.42 Å². The highest BCUT2D eigenvalue weighted by Gasteiger charge is 2.01. The lowest BCUT2D eigenvalue weighted by atomic mass is 10.1. The standard InChI is InChI=1S/C12H19NO/c1-4-10-9-11(14-6-3)7-8-12(10)13-5-2/h7-9,13H,4-6H2,1-3H3. The Kier molecular flexibility index (Phi) is 4.30. The zero-order valence-electron chi connectivity index (χ0n) is 9.26. The van der Waals surface area contributed by atoms with Gasteiger partial charge in [0.2, 0.25) is 0 Å². The van der Waals surface area contributed by atoms with E-state index in [-0.39, 0.29) is 0 Å². The summed E-state index contributed by atoms with van der Waals surface area (Å²) in [4.78, 5) is 0. The molecule has 0 aromatic heterocycles. The van der Waals surface area contributed by atoms with Crippen LogP contribution < -0.4 is 10.1 Å². The number of hydrogen-bond donors (Lipinski definition) is 1. The van der Waals surface area contributed by atoms with Gasteiger partial charge in [-0.2, -0.15) is 0 Å². The topological polar surface area (TPSA) is 21.3 Å². The summed E-state index contributed by atoms with van der Waals surface area (Å²) >= 11 is 0. The summed E-state index contributed by atoms with van der Waals surface area (Å²) in [5.74, 6) is 0.964. The minimum Gasteiger partial charge on any atom is -0.494 e. The molecule has 14 heavy (non-hydrogen) atoms. The van der Waals surface area contributed by atoms with E-state index in [0.29, 0.717) is 0 Å². The summed E-state index contributed by atoms with van der Waals surface area (Å²) in [5.41, 5.74) is 2.54. The summed E-state index contributed by atoms with van der Waals surface area (Å²) in [6, 6.07) is 6.22. The van der Waals surface area contributed by atoms with E-state index in [0.717, 1.165) is 25.3 Å². The molecule has 1 aromatic carbocycles. The first-order chi connectivity index (χ1) is 6.81. The molecule has 0 bridgehead atoms. The van der Waals surface area contributed by atoms with Crippen LogP contribution in [0.3, 0.4) is 0 Å². The second-order valence-electron chi connectivity index (χ2n) is 3.14. The molecule has 1 N–H and O–H groups in total. The van der Waals surface area contributed by atoms with Gasteiger partial charge in [-0.05, 0) is 44.0 Å². The van der Waals surface area contributed by atoms with Crippen molar-refractivity contribution in [2.24, 2.45) is 0 Å². The van der Waals surface area contributed by atoms with Crippen molar-refractivity contribution in [1.29, 1.82) is 0 Å². The van der Waals surface area contributed by atoms with Crippen molar-refractivity contribution in [3.63, 3.8) is 0 Å². The Morgan fingerprint density at radius 2 is 2.00 bits per heavy atom. The van der Waals surface area contributed by atoms with Crippen LogP contribution in [0.2, 0.25) is 0 Å². The van der Waals surface area contributed by atoms with E-state index in [1.54, 1.807) is 0 Å². The van der Waals surface area contributed by atoms with Crippen molar-refractivity contribution in [2.45, 2.75) is 27.2 Å². The van der Waals surface area contributed by atoms with Crippen LogP contribution in [0, 0.1) is 0 Å². The number of ether oxygens (including phenoxy) is 1. The first-order valence-electron chi connectivity index (χ1n) is 5.31. The number of rotatable bonds is 5. The number of aryl methyl sites for hydroxylation is 1. The van der Waals surface area contributed by atoms with Crippen LogP contribution in [0.15, 0.2) is 18.2 Å². The maximum Gasteiger partial charge on any atom is 0.119 e. The van der Waals surface area contributed by atoms with Crippen LogP contribution in [0.25, 0.3) is 0 Å². The van der Waals surface area contributed by atoms with Crippen molar-refractivity contribution in [3.8, 4) is 5.75 Å². The third-order valence-corrected chi connectivity index (χ3v) is 2.14. The van der Waals surface area contributed by atoms with Gasteiger partial charge in [-0.1, -0.05) is 6.92 Å². The van der Waals surface area contributed by atoms with Crippen molar-refractivity contribution in [3.05, 3.63) is 23.8 Å². The van der Waals surface area contributed by atoms with Gasteiger partial charge in [0, 0.05) is 12.2 Å². The predicted octanol–water partition coefficient (Wildman–Crippen LogP) is 3.08. The summed E-state index contributed by atoms with van der Waals surface area (Å²) in [6.45, 7) is 7.95. The zero-order chi connectivity index (χ0) is 10.4. The van der Waals surface area contributed by atoms with Gasteiger partial charge in [0.05, 0.1) is 6.61 Å². The monoisotopic (exact) mass is 193 g/mol. The molecule has 0 saturated heterocycles. The molecule has 2 nitrogen and oxygen atoms in total. The van der Waals surface area contributed by atoms with Crippen LogP contribution >= 0.6 is 0 Å². The molecular formula is C12H19NO. The van der Waals surface area contributed by atoms with Gasteiger partial charge in [-0.15, -0.1) is 0 Å². The highest BCUT2D eigenvalue weighted by molar-refractivity contribution is 5.54. The number of hydrogen-bond acceptors (Lipinski definition) is 2. The van der Waals surface area contributed by atoms with Gasteiger partial charge in [-0.3, -0.25) is 0 Å². The summed E-state index contributed by atoms with van der Waals surface area (Å²) in [6.07, 6.45) is 1.03. The van der Waals surface area contributed by atoms with Crippen LogP contribution in [0.5, 0.6) is 5.75 Å². The second kappa shape index (κ2) is 5.53. The summed E-state index contributed by atoms with van der Waals surface area (Å²) in [7, 11) is 0. The molecule has 0 atom stereocenters. The lowest BCUT2D eigenvalue weighted by molar-refractivity contribution is 0.340. The minimum atomic E-state index is 0.726. The number of anilines is 1. The third-order valence-electron chi connectivity index (χ3n) is 2.14. The maximum atomic E-state index is 5.45. The van der Waals surface area contributed by atoms with E-state index >= 15 is 0 Å². The van der Waals surface area contributed by atoms with Gasteiger partial charge in [0.15, 0.2) is 0 Å². The van der Waals surface area contributed by atoms with E-state index in [4.69, 9.17) is 4.74 Å². The molecule has 0 aliphatic heterocycles. The average molecular weight is 193 g/mol. The molecule has 0 aliphatic carbocycles. The second-order valence-corrected chi connectivity index (χ2v) is 3.14. The van der Waals surface area contributed by atoms with Crippen molar-refractivity contribution in [1.82, 2.24) is 0 Å². The molecular weight excluding hydrogens is 174 g/mol. The highest BCUT2D eigenvalue weighted by atomic mass is 16.5. The van der Waals surface area contributed by atoms with Gasteiger partial charge in [0.25, 0.3) is 0 Å². The number of nitrogens with one attached hydrogen (secondary N) is 1. The highest BCUT2D eigenvalue weighted by Crippen LogP contribution is 2.22. The molecule has 0 heterocycles. The molecule has 0 radical (unpaired) electrons. The average Bonchev–Trinajstić information content (AvgIpc) is 2.21. The molecule has 0 saturated carbocycles. The Morgan fingerprint density at radius 3 is 2.57 bits per heavy atom. The lowest BCUT2D eigenvalue weighted by Crippen LogP contribution is -2.01. The Bertz CT molecular complexity index is 284. The van der Waals surface area contributed by atoms with E-state index in [9.17, 15) is 0 Å². The van der Waals surface area contributed by atoms with Crippen molar-refractivity contribution >= 4 is 5.69 Å². The van der Waals surface area contributed by atoms with Crippen LogP contribution in [0.1, 0.15) is 26.3 Å². The fourth-order valence-electron chi connectivity index (χ4n) is 1.48. The van der Waals surface area contributed by atoms with Crippen molar-refractivity contribution in [2.75, 3.05) is 18.5 Å². The number of benzene rings is 1. The zero-order valence-corrected chi connectivity index (χ0v) is 9.26. The molecule has 0 aliphatic rings. The normalized spacial score (nSPS) is 9.93. The quantitative estimate of drug-likeness (QED) is 0.776. The van der Waals surface area contributed by atoms with E-state index in [1.165, 1.54) is 11.3 Å². The Balaban J connectivity index is 2.87. The largest absolute Gasteiger partial charge is 0.494 e. The Morgan fingerprint density at radius 1 is 1.21 bits per heavy atom. The molecule has 0 unspecified atom stereocenters. The predicted molar refractivity (Wildman–Crippen MR) is 61.2 cm³/mol. The van der Waals surface area contributed by atoms with E-state index in [2.05, 4.69) is 31.3 Å². The summed E-state index contributed by atoms with van der Waals surface area (Å²) < 4.78 is 5.45. The first-order valence-corrected chi connectivity index (χ1v) is 5.31. The van der Waals surface area contributed by atoms with Gasteiger partial charge in [0.1, 0.15) is 5.75 Å². The van der Waals surface area contributed by atoms with Crippen molar-refractivity contribution < 1.29 is 4.74 Å². The fraction of sp³-hybridized carbons (Fsp3) is 0.500. The molecule has 0 spiro atoms.